The Morgan fingerprint density at radius 3 is 2.35 bits per heavy atom. The molecule has 26 heavy (non-hydrogen) atoms. The van der Waals surface area contributed by atoms with Crippen molar-refractivity contribution in [3.63, 3.8) is 0 Å². The van der Waals surface area contributed by atoms with Crippen molar-refractivity contribution in [1.82, 2.24) is 20.2 Å². The fourth-order valence-electron chi connectivity index (χ4n) is 3.29. The fourth-order valence-corrected chi connectivity index (χ4v) is 3.29. The minimum absolute atomic E-state index is 0.656. The molecule has 6 nitrogen and oxygen atoms in total. The van der Waals surface area contributed by atoms with Gasteiger partial charge in [-0.25, -0.2) is 4.68 Å². The SMILES string of the molecule is Cc1ccc(Cn2nnnc2NCc2ccc(N3CCCC3)cc2)cc1. The van der Waals surface area contributed by atoms with Crippen LogP contribution in [-0.4, -0.2) is 33.3 Å². The molecule has 1 fully saturated rings. The van der Waals surface area contributed by atoms with E-state index < -0.39 is 0 Å². The van der Waals surface area contributed by atoms with E-state index in [0.29, 0.717) is 19.0 Å². The lowest BCUT2D eigenvalue weighted by atomic mass is 10.1. The van der Waals surface area contributed by atoms with Gasteiger partial charge in [-0.1, -0.05) is 47.1 Å². The molecule has 0 unspecified atom stereocenters. The minimum atomic E-state index is 0.656. The van der Waals surface area contributed by atoms with Crippen LogP contribution in [0.2, 0.25) is 0 Å². The van der Waals surface area contributed by atoms with E-state index >= 15 is 0 Å². The summed E-state index contributed by atoms with van der Waals surface area (Å²) >= 11 is 0. The average molecular weight is 348 g/mol. The van der Waals surface area contributed by atoms with Gasteiger partial charge < -0.3 is 10.2 Å². The molecule has 6 heteroatoms. The van der Waals surface area contributed by atoms with Crippen LogP contribution in [0.3, 0.4) is 0 Å². The molecule has 134 valence electrons. The number of aryl methyl sites for hydroxylation is 1. The van der Waals surface area contributed by atoms with Gasteiger partial charge in [0.25, 0.3) is 0 Å². The van der Waals surface area contributed by atoms with Crippen LogP contribution in [-0.2, 0) is 13.1 Å². The van der Waals surface area contributed by atoms with Crippen molar-refractivity contribution in [2.75, 3.05) is 23.3 Å². The highest BCUT2D eigenvalue weighted by molar-refractivity contribution is 5.48. The lowest BCUT2D eigenvalue weighted by Gasteiger charge is -2.17. The third-order valence-electron chi connectivity index (χ3n) is 4.84. The van der Waals surface area contributed by atoms with Gasteiger partial charge in [-0.2, -0.15) is 0 Å². The molecular weight excluding hydrogens is 324 g/mol. The molecule has 0 bridgehead atoms. The Balaban J connectivity index is 1.37. The van der Waals surface area contributed by atoms with Crippen LogP contribution in [0.5, 0.6) is 0 Å². The van der Waals surface area contributed by atoms with Crippen LogP contribution in [0.1, 0.15) is 29.5 Å². The first kappa shape index (κ1) is 16.6. The molecule has 0 atom stereocenters. The zero-order valence-corrected chi connectivity index (χ0v) is 15.1. The molecule has 1 aliphatic heterocycles. The Morgan fingerprint density at radius 2 is 1.62 bits per heavy atom. The molecule has 4 rings (SSSR count). The Bertz CT molecular complexity index is 831. The first-order chi connectivity index (χ1) is 12.8. The molecule has 1 aliphatic rings. The summed E-state index contributed by atoms with van der Waals surface area (Å²) in [6.07, 6.45) is 2.60. The Morgan fingerprint density at radius 1 is 0.923 bits per heavy atom. The van der Waals surface area contributed by atoms with Crippen molar-refractivity contribution >= 4 is 11.6 Å². The molecule has 2 heterocycles. The first-order valence-electron chi connectivity index (χ1n) is 9.17. The molecule has 0 spiro atoms. The number of nitrogens with one attached hydrogen (secondary N) is 1. The lowest BCUT2D eigenvalue weighted by molar-refractivity contribution is 0.651. The van der Waals surface area contributed by atoms with Crippen molar-refractivity contribution in [2.45, 2.75) is 32.9 Å². The van der Waals surface area contributed by atoms with E-state index in [9.17, 15) is 0 Å². The van der Waals surface area contributed by atoms with Crippen LogP contribution >= 0.6 is 0 Å². The van der Waals surface area contributed by atoms with Gasteiger partial charge in [0.15, 0.2) is 0 Å². The van der Waals surface area contributed by atoms with Crippen LogP contribution in [0.4, 0.5) is 11.6 Å². The van der Waals surface area contributed by atoms with Crippen LogP contribution in [0, 0.1) is 6.92 Å². The zero-order chi connectivity index (χ0) is 17.8. The summed E-state index contributed by atoms with van der Waals surface area (Å²) in [6.45, 7) is 5.79. The van der Waals surface area contributed by atoms with E-state index in [2.05, 4.69) is 81.2 Å². The van der Waals surface area contributed by atoms with Crippen molar-refractivity contribution in [2.24, 2.45) is 0 Å². The van der Waals surface area contributed by atoms with Gasteiger partial charge in [-0.3, -0.25) is 0 Å². The number of aromatic nitrogens is 4. The van der Waals surface area contributed by atoms with E-state index in [4.69, 9.17) is 0 Å². The third kappa shape index (κ3) is 3.85. The highest BCUT2D eigenvalue weighted by Gasteiger charge is 2.12. The van der Waals surface area contributed by atoms with E-state index in [1.807, 2.05) is 0 Å². The summed E-state index contributed by atoms with van der Waals surface area (Å²) in [5.74, 6) is 0.689. The number of tetrazole rings is 1. The normalized spacial score (nSPS) is 14.0. The Labute approximate surface area is 153 Å². The van der Waals surface area contributed by atoms with Gasteiger partial charge in [0, 0.05) is 25.3 Å². The van der Waals surface area contributed by atoms with Gasteiger partial charge >= 0.3 is 0 Å². The van der Waals surface area contributed by atoms with E-state index in [1.54, 1.807) is 4.68 Å². The first-order valence-corrected chi connectivity index (χ1v) is 9.17. The quantitative estimate of drug-likeness (QED) is 0.741. The van der Waals surface area contributed by atoms with Crippen LogP contribution < -0.4 is 10.2 Å². The number of nitrogens with zero attached hydrogens (tertiary/aromatic N) is 5. The van der Waals surface area contributed by atoms with Gasteiger partial charge in [0.2, 0.25) is 5.95 Å². The molecule has 0 amide bonds. The Hall–Kier alpha value is -2.89. The molecule has 3 aromatic rings. The molecule has 0 saturated carbocycles. The van der Waals surface area contributed by atoms with Gasteiger partial charge in [-0.15, -0.1) is 0 Å². The van der Waals surface area contributed by atoms with Gasteiger partial charge in [-0.05, 0) is 53.5 Å². The molecule has 1 saturated heterocycles. The number of anilines is 2. The topological polar surface area (TPSA) is 58.9 Å². The van der Waals surface area contributed by atoms with Gasteiger partial charge in [0.05, 0.1) is 6.54 Å². The molecular formula is C20H24N6. The molecule has 1 N–H and O–H groups in total. The van der Waals surface area contributed by atoms with Crippen molar-refractivity contribution < 1.29 is 0 Å². The predicted molar refractivity (Wildman–Crippen MR) is 103 cm³/mol. The van der Waals surface area contributed by atoms with Gasteiger partial charge in [0.1, 0.15) is 0 Å². The summed E-state index contributed by atoms with van der Waals surface area (Å²) in [7, 11) is 0. The van der Waals surface area contributed by atoms with Crippen LogP contribution in [0.15, 0.2) is 48.5 Å². The van der Waals surface area contributed by atoms with E-state index in [0.717, 1.165) is 0 Å². The predicted octanol–water partition coefficient (Wildman–Crippen LogP) is 3.24. The molecule has 2 aromatic carbocycles. The monoisotopic (exact) mass is 348 g/mol. The summed E-state index contributed by atoms with van der Waals surface area (Å²) < 4.78 is 1.79. The van der Waals surface area contributed by atoms with Crippen molar-refractivity contribution in [1.29, 1.82) is 0 Å². The summed E-state index contributed by atoms with van der Waals surface area (Å²) in [5, 5.41) is 15.4. The number of hydrogen-bond donors (Lipinski definition) is 1. The summed E-state index contributed by atoms with van der Waals surface area (Å²) in [6, 6.07) is 17.2. The lowest BCUT2D eigenvalue weighted by Crippen LogP contribution is -2.17. The van der Waals surface area contributed by atoms with Crippen molar-refractivity contribution in [3.8, 4) is 0 Å². The standard InChI is InChI=1S/C20H24N6/c1-16-4-6-18(7-5-16)15-26-20(22-23-24-26)21-14-17-8-10-19(11-9-17)25-12-2-3-13-25/h4-11H,2-3,12-15H2,1H3,(H,21,22,24). The van der Waals surface area contributed by atoms with E-state index in [1.165, 1.54) is 48.3 Å². The van der Waals surface area contributed by atoms with E-state index in [-0.39, 0.29) is 0 Å². The molecule has 0 aliphatic carbocycles. The Kier molecular flexibility index (Phi) is 4.82. The molecule has 1 aromatic heterocycles. The number of benzene rings is 2. The maximum Gasteiger partial charge on any atom is 0.243 e. The van der Waals surface area contributed by atoms with Crippen molar-refractivity contribution in [3.05, 3.63) is 65.2 Å². The van der Waals surface area contributed by atoms with Crippen LogP contribution in [0.25, 0.3) is 0 Å². The second-order valence-corrected chi connectivity index (χ2v) is 6.86. The highest BCUT2D eigenvalue weighted by Crippen LogP contribution is 2.20. The number of rotatable bonds is 6. The summed E-state index contributed by atoms with van der Waals surface area (Å²) in [5.41, 5.74) is 4.97. The summed E-state index contributed by atoms with van der Waals surface area (Å²) in [4.78, 5) is 2.44. The zero-order valence-electron chi connectivity index (χ0n) is 15.1. The second-order valence-electron chi connectivity index (χ2n) is 6.86. The maximum absolute atomic E-state index is 4.11. The second kappa shape index (κ2) is 7.56. The average Bonchev–Trinajstić information content (AvgIpc) is 3.34. The third-order valence-corrected chi connectivity index (χ3v) is 4.84. The minimum Gasteiger partial charge on any atom is -0.372 e. The fraction of sp³-hybridized carbons (Fsp3) is 0.350. The largest absolute Gasteiger partial charge is 0.372 e. The molecule has 0 radical (unpaired) electrons. The highest BCUT2D eigenvalue weighted by atomic mass is 15.6. The smallest absolute Gasteiger partial charge is 0.243 e. The number of hydrogen-bond acceptors (Lipinski definition) is 5. The maximum atomic E-state index is 4.11.